The number of benzene rings is 1. The van der Waals surface area contributed by atoms with Crippen LogP contribution in [0, 0.1) is 5.82 Å². The Kier molecular flexibility index (Phi) is 3.33. The van der Waals surface area contributed by atoms with Gasteiger partial charge in [-0.15, -0.1) is 0 Å². The Hall–Kier alpha value is -1.32. The van der Waals surface area contributed by atoms with Crippen LogP contribution in [0.3, 0.4) is 0 Å². The number of hydrogen-bond acceptors (Lipinski definition) is 2. The van der Waals surface area contributed by atoms with Crippen molar-refractivity contribution >= 4 is 28.9 Å². The minimum absolute atomic E-state index is 0.217. The van der Waals surface area contributed by atoms with Gasteiger partial charge in [0.15, 0.2) is 0 Å². The first-order valence-corrected chi connectivity index (χ1v) is 6.73. The predicted molar refractivity (Wildman–Crippen MR) is 75.4 cm³/mol. The SMILES string of the molecule is Fc1ccc2c(c1)N(Cc1ccc(Cl)nc1Cl)CC2. The monoisotopic (exact) mass is 296 g/mol. The Labute approximate surface area is 120 Å². The van der Waals surface area contributed by atoms with Gasteiger partial charge in [-0.05, 0) is 30.2 Å². The van der Waals surface area contributed by atoms with E-state index in [9.17, 15) is 4.39 Å². The van der Waals surface area contributed by atoms with Gasteiger partial charge in [-0.3, -0.25) is 0 Å². The molecule has 0 radical (unpaired) electrons. The molecule has 0 aliphatic carbocycles. The van der Waals surface area contributed by atoms with Gasteiger partial charge in [-0.25, -0.2) is 9.37 Å². The summed E-state index contributed by atoms with van der Waals surface area (Å²) in [5.74, 6) is -0.217. The molecule has 0 atom stereocenters. The molecule has 0 bridgehead atoms. The lowest BCUT2D eigenvalue weighted by Gasteiger charge is -2.20. The number of hydrogen-bond donors (Lipinski definition) is 0. The van der Waals surface area contributed by atoms with Gasteiger partial charge in [-0.1, -0.05) is 35.3 Å². The Morgan fingerprint density at radius 3 is 2.84 bits per heavy atom. The number of fused-ring (bicyclic) bond motifs is 1. The molecule has 0 unspecified atom stereocenters. The van der Waals surface area contributed by atoms with Gasteiger partial charge in [0, 0.05) is 24.3 Å². The molecule has 0 spiro atoms. The predicted octanol–water partition coefficient (Wildman–Crippen LogP) is 4.09. The van der Waals surface area contributed by atoms with Crippen LogP contribution in [0.15, 0.2) is 30.3 Å². The third-order valence-electron chi connectivity index (χ3n) is 3.29. The third-order valence-corrected chi connectivity index (χ3v) is 3.83. The maximum atomic E-state index is 13.3. The maximum absolute atomic E-state index is 13.3. The van der Waals surface area contributed by atoms with E-state index in [1.807, 2.05) is 12.1 Å². The van der Waals surface area contributed by atoms with Crippen molar-refractivity contribution in [3.05, 3.63) is 57.6 Å². The molecule has 2 nitrogen and oxygen atoms in total. The summed E-state index contributed by atoms with van der Waals surface area (Å²) in [6.45, 7) is 1.47. The van der Waals surface area contributed by atoms with Gasteiger partial charge >= 0.3 is 0 Å². The second-order valence-corrected chi connectivity index (χ2v) is 5.27. The molecule has 3 rings (SSSR count). The van der Waals surface area contributed by atoms with E-state index in [-0.39, 0.29) is 5.82 Å². The van der Waals surface area contributed by atoms with Crippen molar-refractivity contribution in [2.45, 2.75) is 13.0 Å². The van der Waals surface area contributed by atoms with E-state index in [1.54, 1.807) is 12.1 Å². The lowest BCUT2D eigenvalue weighted by Crippen LogP contribution is -2.20. The van der Waals surface area contributed by atoms with E-state index in [2.05, 4.69) is 9.88 Å². The van der Waals surface area contributed by atoms with Gasteiger partial charge < -0.3 is 4.90 Å². The molecule has 0 fully saturated rings. The lowest BCUT2D eigenvalue weighted by molar-refractivity contribution is 0.627. The topological polar surface area (TPSA) is 16.1 Å². The minimum atomic E-state index is -0.217. The highest BCUT2D eigenvalue weighted by Gasteiger charge is 2.20. The smallest absolute Gasteiger partial charge is 0.135 e. The summed E-state index contributed by atoms with van der Waals surface area (Å²) in [5.41, 5.74) is 2.99. The molecule has 98 valence electrons. The zero-order chi connectivity index (χ0) is 13.4. The Morgan fingerprint density at radius 1 is 1.21 bits per heavy atom. The molecule has 1 aliphatic heterocycles. The number of anilines is 1. The van der Waals surface area contributed by atoms with E-state index in [0.29, 0.717) is 16.9 Å². The summed E-state index contributed by atoms with van der Waals surface area (Å²) in [4.78, 5) is 6.13. The minimum Gasteiger partial charge on any atom is -0.366 e. The van der Waals surface area contributed by atoms with Gasteiger partial charge in [0.05, 0.1) is 0 Å². The van der Waals surface area contributed by atoms with Crippen molar-refractivity contribution in [3.63, 3.8) is 0 Å². The van der Waals surface area contributed by atoms with E-state index in [0.717, 1.165) is 24.2 Å². The largest absolute Gasteiger partial charge is 0.366 e. The van der Waals surface area contributed by atoms with Crippen LogP contribution in [-0.2, 0) is 13.0 Å². The van der Waals surface area contributed by atoms with Gasteiger partial charge in [0.2, 0.25) is 0 Å². The molecule has 1 aromatic carbocycles. The van der Waals surface area contributed by atoms with Crippen molar-refractivity contribution in [3.8, 4) is 0 Å². The van der Waals surface area contributed by atoms with Crippen molar-refractivity contribution in [1.29, 1.82) is 0 Å². The van der Waals surface area contributed by atoms with Gasteiger partial charge in [0.1, 0.15) is 16.1 Å². The van der Waals surface area contributed by atoms with Crippen LogP contribution < -0.4 is 4.90 Å². The number of halogens is 3. The second-order valence-electron chi connectivity index (χ2n) is 4.53. The van der Waals surface area contributed by atoms with Crippen molar-refractivity contribution in [1.82, 2.24) is 4.98 Å². The number of aromatic nitrogens is 1. The highest BCUT2D eigenvalue weighted by atomic mass is 35.5. The van der Waals surface area contributed by atoms with Crippen LogP contribution in [0.2, 0.25) is 10.3 Å². The number of nitrogens with zero attached hydrogens (tertiary/aromatic N) is 2. The molecular formula is C14H11Cl2FN2. The first-order valence-electron chi connectivity index (χ1n) is 5.98. The molecule has 0 saturated carbocycles. The fourth-order valence-corrected chi connectivity index (χ4v) is 2.75. The summed E-state index contributed by atoms with van der Waals surface area (Å²) >= 11 is 11.8. The van der Waals surface area contributed by atoms with Crippen LogP contribution in [0.5, 0.6) is 0 Å². The van der Waals surface area contributed by atoms with Crippen LogP contribution in [0.1, 0.15) is 11.1 Å². The van der Waals surface area contributed by atoms with Crippen LogP contribution in [-0.4, -0.2) is 11.5 Å². The average molecular weight is 297 g/mol. The van der Waals surface area contributed by atoms with Gasteiger partial charge in [-0.2, -0.15) is 0 Å². The summed E-state index contributed by atoms with van der Waals surface area (Å²) < 4.78 is 13.3. The quantitative estimate of drug-likeness (QED) is 0.776. The maximum Gasteiger partial charge on any atom is 0.135 e. The standard InChI is InChI=1S/C14H11Cl2FN2/c15-13-4-2-10(14(16)18-13)8-19-6-5-9-1-3-11(17)7-12(9)19/h1-4,7H,5-6,8H2. The Morgan fingerprint density at radius 2 is 2.05 bits per heavy atom. The number of rotatable bonds is 2. The average Bonchev–Trinajstić information content (AvgIpc) is 2.75. The van der Waals surface area contributed by atoms with Crippen LogP contribution in [0.25, 0.3) is 0 Å². The first-order chi connectivity index (χ1) is 9.13. The zero-order valence-corrected chi connectivity index (χ0v) is 11.5. The second kappa shape index (κ2) is 4.99. The molecule has 2 aromatic rings. The van der Waals surface area contributed by atoms with Crippen molar-refractivity contribution in [2.24, 2.45) is 0 Å². The Bertz CT molecular complexity index is 631. The molecule has 0 amide bonds. The fraction of sp³-hybridized carbons (Fsp3) is 0.214. The highest BCUT2D eigenvalue weighted by Crippen LogP contribution is 2.31. The molecule has 1 aromatic heterocycles. The normalized spacial score (nSPS) is 13.7. The van der Waals surface area contributed by atoms with Crippen molar-refractivity contribution < 1.29 is 4.39 Å². The fourth-order valence-electron chi connectivity index (χ4n) is 2.35. The van der Waals surface area contributed by atoms with E-state index in [4.69, 9.17) is 23.2 Å². The van der Waals surface area contributed by atoms with Crippen molar-refractivity contribution in [2.75, 3.05) is 11.4 Å². The lowest BCUT2D eigenvalue weighted by atomic mass is 10.1. The number of pyridine rings is 1. The summed E-state index contributed by atoms with van der Waals surface area (Å²) in [7, 11) is 0. The zero-order valence-electron chi connectivity index (χ0n) is 10.0. The molecule has 5 heteroatoms. The molecule has 2 heterocycles. The van der Waals surface area contributed by atoms with E-state index < -0.39 is 0 Å². The molecule has 1 aliphatic rings. The van der Waals surface area contributed by atoms with Gasteiger partial charge in [0.25, 0.3) is 0 Å². The molecular weight excluding hydrogens is 286 g/mol. The Balaban J connectivity index is 1.88. The summed E-state index contributed by atoms with van der Waals surface area (Å²) in [6.07, 6.45) is 0.925. The summed E-state index contributed by atoms with van der Waals surface area (Å²) in [5, 5.41) is 0.777. The first kappa shape index (κ1) is 12.7. The molecule has 0 N–H and O–H groups in total. The molecule has 19 heavy (non-hydrogen) atoms. The van der Waals surface area contributed by atoms with Crippen LogP contribution in [0.4, 0.5) is 10.1 Å². The van der Waals surface area contributed by atoms with E-state index >= 15 is 0 Å². The highest BCUT2D eigenvalue weighted by molar-refractivity contribution is 6.32. The third kappa shape index (κ3) is 2.53. The van der Waals surface area contributed by atoms with E-state index in [1.165, 1.54) is 11.6 Å². The summed E-state index contributed by atoms with van der Waals surface area (Å²) in [6, 6.07) is 8.48. The molecule has 0 saturated heterocycles. The van der Waals surface area contributed by atoms with Crippen LogP contribution >= 0.6 is 23.2 Å².